The van der Waals surface area contributed by atoms with Crippen LogP contribution in [0.2, 0.25) is 0 Å². The second kappa shape index (κ2) is 13.1. The molecule has 23 heavy (non-hydrogen) atoms. The molecule has 130 valence electrons. The number of hydrogen-bond donors (Lipinski definition) is 1. The summed E-state index contributed by atoms with van der Waals surface area (Å²) in [6, 6.07) is 0. The highest BCUT2D eigenvalue weighted by Crippen LogP contribution is 2.30. The highest BCUT2D eigenvalue weighted by molar-refractivity contribution is 5.66. The third-order valence-electron chi connectivity index (χ3n) is 3.95. The SMILES string of the molecule is CCCCC[C@H]1O[C@H]1CC=CCC=CCC=CCCCC(=O)O. The molecule has 0 saturated carbocycles. The molecule has 1 rings (SSSR count). The van der Waals surface area contributed by atoms with Gasteiger partial charge in [0.1, 0.15) is 0 Å². The van der Waals surface area contributed by atoms with Gasteiger partial charge in [-0.1, -0.05) is 62.6 Å². The van der Waals surface area contributed by atoms with Crippen molar-refractivity contribution in [2.75, 3.05) is 0 Å². The van der Waals surface area contributed by atoms with Gasteiger partial charge in [-0.2, -0.15) is 0 Å². The van der Waals surface area contributed by atoms with E-state index < -0.39 is 5.97 Å². The molecule has 0 unspecified atom stereocenters. The molecule has 1 heterocycles. The summed E-state index contributed by atoms with van der Waals surface area (Å²) in [7, 11) is 0. The molecule has 0 amide bonds. The topological polar surface area (TPSA) is 49.8 Å². The van der Waals surface area contributed by atoms with E-state index in [0.29, 0.717) is 12.2 Å². The van der Waals surface area contributed by atoms with E-state index in [-0.39, 0.29) is 6.42 Å². The van der Waals surface area contributed by atoms with Crippen molar-refractivity contribution in [2.45, 2.75) is 83.3 Å². The van der Waals surface area contributed by atoms with Crippen LogP contribution in [-0.4, -0.2) is 23.3 Å². The number of allylic oxidation sites excluding steroid dienone is 5. The van der Waals surface area contributed by atoms with Crippen LogP contribution < -0.4 is 0 Å². The zero-order chi connectivity index (χ0) is 16.8. The zero-order valence-corrected chi connectivity index (χ0v) is 14.5. The van der Waals surface area contributed by atoms with Crippen LogP contribution in [0, 0.1) is 0 Å². The average molecular weight is 320 g/mol. The molecule has 1 N–H and O–H groups in total. The van der Waals surface area contributed by atoms with Crippen LogP contribution in [0.1, 0.15) is 71.1 Å². The Morgan fingerprint density at radius 1 is 0.957 bits per heavy atom. The Labute approximate surface area is 141 Å². The Morgan fingerprint density at radius 2 is 1.65 bits per heavy atom. The van der Waals surface area contributed by atoms with Crippen LogP contribution in [0.15, 0.2) is 36.5 Å². The van der Waals surface area contributed by atoms with Crippen LogP contribution >= 0.6 is 0 Å². The summed E-state index contributed by atoms with van der Waals surface area (Å²) in [6.07, 6.45) is 23.8. The third kappa shape index (κ3) is 11.8. The van der Waals surface area contributed by atoms with E-state index in [0.717, 1.165) is 32.1 Å². The van der Waals surface area contributed by atoms with E-state index in [1.807, 2.05) is 0 Å². The number of aliphatic carboxylic acids is 1. The zero-order valence-electron chi connectivity index (χ0n) is 14.5. The number of carboxylic acid groups (broad SMARTS) is 1. The molecular formula is C20H32O3. The summed E-state index contributed by atoms with van der Waals surface area (Å²) < 4.78 is 5.66. The molecule has 1 aliphatic heterocycles. The van der Waals surface area contributed by atoms with E-state index in [4.69, 9.17) is 9.84 Å². The minimum Gasteiger partial charge on any atom is -0.481 e. The van der Waals surface area contributed by atoms with Gasteiger partial charge in [-0.25, -0.2) is 0 Å². The minimum atomic E-state index is -0.714. The van der Waals surface area contributed by atoms with Gasteiger partial charge in [0.25, 0.3) is 0 Å². The molecule has 1 saturated heterocycles. The molecule has 0 aromatic carbocycles. The first kappa shape index (κ1) is 19.7. The standard InChI is InChI=1S/C20H32O3/c1-2-3-12-15-18-19(23-18)16-13-10-8-6-4-5-7-9-11-14-17-20(21)22/h4,6-7,9-10,13,18-19H,2-3,5,8,11-12,14-17H2,1H3,(H,21,22)/t18-,19+/m1/s1. The lowest BCUT2D eigenvalue weighted by Gasteiger charge is -1.93. The fourth-order valence-electron chi connectivity index (χ4n) is 2.50. The number of ether oxygens (including phenoxy) is 1. The first-order valence-electron chi connectivity index (χ1n) is 9.06. The van der Waals surface area contributed by atoms with Crippen molar-refractivity contribution in [2.24, 2.45) is 0 Å². The van der Waals surface area contributed by atoms with Crippen molar-refractivity contribution < 1.29 is 14.6 Å². The predicted molar refractivity (Wildman–Crippen MR) is 95.6 cm³/mol. The van der Waals surface area contributed by atoms with Gasteiger partial charge < -0.3 is 9.84 Å². The van der Waals surface area contributed by atoms with E-state index in [1.54, 1.807) is 0 Å². The van der Waals surface area contributed by atoms with Crippen LogP contribution in [0.3, 0.4) is 0 Å². The van der Waals surface area contributed by atoms with E-state index in [9.17, 15) is 4.79 Å². The molecule has 0 radical (unpaired) electrons. The summed E-state index contributed by atoms with van der Waals surface area (Å²) in [4.78, 5) is 10.3. The number of rotatable bonds is 14. The summed E-state index contributed by atoms with van der Waals surface area (Å²) in [5.41, 5.74) is 0. The van der Waals surface area contributed by atoms with Crippen molar-refractivity contribution in [3.63, 3.8) is 0 Å². The van der Waals surface area contributed by atoms with Crippen LogP contribution in [0.5, 0.6) is 0 Å². The highest BCUT2D eigenvalue weighted by atomic mass is 16.6. The average Bonchev–Trinajstić information content (AvgIpc) is 3.27. The van der Waals surface area contributed by atoms with Crippen molar-refractivity contribution in [3.8, 4) is 0 Å². The molecule has 0 spiro atoms. The summed E-state index contributed by atoms with van der Waals surface area (Å²) in [5, 5.41) is 8.51. The van der Waals surface area contributed by atoms with Crippen molar-refractivity contribution in [3.05, 3.63) is 36.5 Å². The summed E-state index contributed by atoms with van der Waals surface area (Å²) in [6.45, 7) is 2.23. The molecule has 1 fully saturated rings. The second-order valence-electron chi connectivity index (χ2n) is 6.12. The predicted octanol–water partition coefficient (Wildman–Crippen LogP) is 5.43. The van der Waals surface area contributed by atoms with Gasteiger partial charge in [-0.3, -0.25) is 4.79 Å². The molecule has 0 bridgehead atoms. The number of unbranched alkanes of at least 4 members (excludes halogenated alkanes) is 3. The van der Waals surface area contributed by atoms with Gasteiger partial charge in [0.15, 0.2) is 0 Å². The minimum absolute atomic E-state index is 0.259. The molecule has 3 heteroatoms. The van der Waals surface area contributed by atoms with E-state index in [2.05, 4.69) is 43.4 Å². The van der Waals surface area contributed by atoms with Gasteiger partial charge in [0.2, 0.25) is 0 Å². The van der Waals surface area contributed by atoms with Gasteiger partial charge in [0.05, 0.1) is 12.2 Å². The fraction of sp³-hybridized carbons (Fsp3) is 0.650. The second-order valence-corrected chi connectivity index (χ2v) is 6.12. The van der Waals surface area contributed by atoms with Crippen LogP contribution in [-0.2, 0) is 9.53 Å². The van der Waals surface area contributed by atoms with Gasteiger partial charge >= 0.3 is 5.97 Å². The fourth-order valence-corrected chi connectivity index (χ4v) is 2.50. The number of hydrogen-bond acceptors (Lipinski definition) is 2. The highest BCUT2D eigenvalue weighted by Gasteiger charge is 2.36. The van der Waals surface area contributed by atoms with Crippen molar-refractivity contribution >= 4 is 5.97 Å². The largest absolute Gasteiger partial charge is 0.481 e. The number of carboxylic acids is 1. The molecule has 0 aromatic rings. The Bertz CT molecular complexity index is 396. The quantitative estimate of drug-likeness (QED) is 0.264. The molecule has 1 aliphatic rings. The van der Waals surface area contributed by atoms with Crippen molar-refractivity contribution in [1.82, 2.24) is 0 Å². The lowest BCUT2D eigenvalue weighted by atomic mass is 10.1. The van der Waals surface area contributed by atoms with Crippen molar-refractivity contribution in [1.29, 1.82) is 0 Å². The molecule has 0 aromatic heterocycles. The Kier molecular flexibility index (Phi) is 11.2. The van der Waals surface area contributed by atoms with Gasteiger partial charge in [-0.05, 0) is 38.5 Å². The van der Waals surface area contributed by atoms with Gasteiger partial charge in [-0.15, -0.1) is 0 Å². The van der Waals surface area contributed by atoms with E-state index in [1.165, 1.54) is 25.7 Å². The van der Waals surface area contributed by atoms with E-state index >= 15 is 0 Å². The number of carbonyl (C=O) groups is 1. The normalized spacial score (nSPS) is 20.9. The molecule has 0 aliphatic carbocycles. The van der Waals surface area contributed by atoms with Gasteiger partial charge in [0, 0.05) is 6.42 Å². The summed E-state index contributed by atoms with van der Waals surface area (Å²) in [5.74, 6) is -0.714. The lowest BCUT2D eigenvalue weighted by Crippen LogP contribution is -1.92. The monoisotopic (exact) mass is 320 g/mol. The first-order valence-corrected chi connectivity index (χ1v) is 9.06. The lowest BCUT2D eigenvalue weighted by molar-refractivity contribution is -0.137. The first-order chi connectivity index (χ1) is 11.2. The third-order valence-corrected chi connectivity index (χ3v) is 3.95. The maximum absolute atomic E-state index is 10.3. The molecule has 3 nitrogen and oxygen atoms in total. The van der Waals surface area contributed by atoms with Crippen LogP contribution in [0.4, 0.5) is 0 Å². The summed E-state index contributed by atoms with van der Waals surface area (Å²) >= 11 is 0. The Balaban J connectivity index is 1.90. The Morgan fingerprint density at radius 3 is 2.35 bits per heavy atom. The maximum Gasteiger partial charge on any atom is 0.303 e. The smallest absolute Gasteiger partial charge is 0.303 e. The molecule has 2 atom stereocenters. The molecular weight excluding hydrogens is 288 g/mol. The maximum atomic E-state index is 10.3. The number of epoxide rings is 1. The Hall–Kier alpha value is -1.35. The van der Waals surface area contributed by atoms with Crippen LogP contribution in [0.25, 0.3) is 0 Å².